The number of carbonyl (C=O) groups excluding carboxylic acids is 1. The first kappa shape index (κ1) is 19.6. The van der Waals surface area contributed by atoms with E-state index in [4.69, 9.17) is 15.2 Å². The van der Waals surface area contributed by atoms with Crippen LogP contribution in [0, 0.1) is 0 Å². The summed E-state index contributed by atoms with van der Waals surface area (Å²) in [5.74, 6) is 2.08. The van der Waals surface area contributed by atoms with Gasteiger partial charge in [-0.05, 0) is 25.0 Å². The molecule has 7 nitrogen and oxygen atoms in total. The SMILES string of the molecule is I.NC(=NCCCN1CCCC1=O)Nc1ccc2c(c1)OCCCO2. The third-order valence-electron chi connectivity index (χ3n) is 4.06. The maximum atomic E-state index is 11.5. The van der Waals surface area contributed by atoms with Crippen LogP contribution < -0.4 is 20.5 Å². The average molecular weight is 460 g/mol. The third kappa shape index (κ3) is 5.65. The number of benzene rings is 1. The molecule has 0 aromatic heterocycles. The minimum Gasteiger partial charge on any atom is -0.490 e. The fraction of sp³-hybridized carbons (Fsp3) is 0.529. The van der Waals surface area contributed by atoms with Gasteiger partial charge in [0.2, 0.25) is 5.91 Å². The maximum absolute atomic E-state index is 11.5. The Balaban J connectivity index is 0.00000225. The first-order valence-electron chi connectivity index (χ1n) is 8.47. The summed E-state index contributed by atoms with van der Waals surface area (Å²) in [6.07, 6.45) is 3.34. The lowest BCUT2D eigenvalue weighted by molar-refractivity contribution is -0.127. The van der Waals surface area contributed by atoms with Gasteiger partial charge in [0.05, 0.1) is 13.2 Å². The second-order valence-corrected chi connectivity index (χ2v) is 5.94. The molecule has 138 valence electrons. The number of nitrogens with two attached hydrogens (primary N) is 1. The molecule has 0 saturated carbocycles. The van der Waals surface area contributed by atoms with E-state index in [1.165, 1.54) is 0 Å². The maximum Gasteiger partial charge on any atom is 0.222 e. The molecule has 0 atom stereocenters. The predicted molar refractivity (Wildman–Crippen MR) is 108 cm³/mol. The largest absolute Gasteiger partial charge is 0.490 e. The molecule has 3 rings (SSSR count). The van der Waals surface area contributed by atoms with Crippen LogP contribution in [0.2, 0.25) is 0 Å². The monoisotopic (exact) mass is 460 g/mol. The first-order chi connectivity index (χ1) is 11.7. The molecule has 0 bridgehead atoms. The van der Waals surface area contributed by atoms with Gasteiger partial charge in [0.15, 0.2) is 17.5 Å². The fourth-order valence-corrected chi connectivity index (χ4v) is 2.83. The van der Waals surface area contributed by atoms with Crippen molar-refractivity contribution < 1.29 is 14.3 Å². The number of likely N-dealkylation sites (tertiary alicyclic amines) is 1. The summed E-state index contributed by atoms with van der Waals surface area (Å²) >= 11 is 0. The molecular formula is C17H25IN4O3. The predicted octanol–water partition coefficient (Wildman–Crippen LogP) is 2.21. The number of hydrogen-bond acceptors (Lipinski definition) is 4. The van der Waals surface area contributed by atoms with E-state index in [9.17, 15) is 4.79 Å². The summed E-state index contributed by atoms with van der Waals surface area (Å²) in [4.78, 5) is 17.7. The summed E-state index contributed by atoms with van der Waals surface area (Å²) in [6.45, 7) is 3.53. The van der Waals surface area contributed by atoms with Crippen molar-refractivity contribution in [1.82, 2.24) is 4.90 Å². The van der Waals surface area contributed by atoms with E-state index in [2.05, 4.69) is 10.3 Å². The van der Waals surface area contributed by atoms with Crippen LogP contribution in [0.15, 0.2) is 23.2 Å². The number of carbonyl (C=O) groups is 1. The molecular weight excluding hydrogens is 435 g/mol. The standard InChI is InChI=1S/C17H24N4O3.HI/c18-17(19-7-2-9-21-8-1-4-16(21)22)20-13-5-6-14-15(12-13)24-11-3-10-23-14;/h5-6,12H,1-4,7-11H2,(H3,18,19,20);1H. The summed E-state index contributed by atoms with van der Waals surface area (Å²) in [5.41, 5.74) is 6.74. The molecule has 1 aromatic carbocycles. The van der Waals surface area contributed by atoms with Crippen molar-refractivity contribution >= 4 is 41.5 Å². The zero-order valence-corrected chi connectivity index (χ0v) is 16.5. The van der Waals surface area contributed by atoms with Gasteiger partial charge in [0, 0.05) is 44.2 Å². The Morgan fingerprint density at radius 2 is 2.04 bits per heavy atom. The number of ether oxygens (including phenoxy) is 2. The van der Waals surface area contributed by atoms with Crippen LogP contribution in [-0.2, 0) is 4.79 Å². The van der Waals surface area contributed by atoms with Crippen LogP contribution in [0.5, 0.6) is 11.5 Å². The summed E-state index contributed by atoms with van der Waals surface area (Å²) < 4.78 is 11.3. The van der Waals surface area contributed by atoms with Crippen LogP contribution in [-0.4, -0.2) is 49.6 Å². The average Bonchev–Trinajstić information content (AvgIpc) is 2.83. The van der Waals surface area contributed by atoms with Crippen molar-refractivity contribution in [3.63, 3.8) is 0 Å². The minimum atomic E-state index is 0. The van der Waals surface area contributed by atoms with E-state index in [-0.39, 0.29) is 29.9 Å². The highest BCUT2D eigenvalue weighted by atomic mass is 127. The van der Waals surface area contributed by atoms with Gasteiger partial charge in [-0.1, -0.05) is 0 Å². The van der Waals surface area contributed by atoms with Gasteiger partial charge in [0.1, 0.15) is 0 Å². The quantitative estimate of drug-likeness (QED) is 0.305. The molecule has 1 fully saturated rings. The van der Waals surface area contributed by atoms with Crippen LogP contribution in [0.1, 0.15) is 25.7 Å². The second-order valence-electron chi connectivity index (χ2n) is 5.94. The molecule has 0 radical (unpaired) electrons. The number of aliphatic imine (C=N–C) groups is 1. The van der Waals surface area contributed by atoms with E-state index >= 15 is 0 Å². The molecule has 1 amide bonds. The van der Waals surface area contributed by atoms with Gasteiger partial charge in [-0.3, -0.25) is 9.79 Å². The molecule has 2 aliphatic heterocycles. The number of amides is 1. The molecule has 25 heavy (non-hydrogen) atoms. The Hall–Kier alpha value is -1.71. The number of hydrogen-bond donors (Lipinski definition) is 2. The van der Waals surface area contributed by atoms with Crippen LogP contribution >= 0.6 is 24.0 Å². The van der Waals surface area contributed by atoms with E-state index in [0.29, 0.717) is 32.1 Å². The van der Waals surface area contributed by atoms with Crippen molar-refractivity contribution in [3.05, 3.63) is 18.2 Å². The Morgan fingerprint density at radius 3 is 2.80 bits per heavy atom. The van der Waals surface area contributed by atoms with E-state index in [1.807, 2.05) is 23.1 Å². The van der Waals surface area contributed by atoms with Crippen molar-refractivity contribution in [2.24, 2.45) is 10.7 Å². The van der Waals surface area contributed by atoms with Crippen LogP contribution in [0.25, 0.3) is 0 Å². The molecule has 0 aliphatic carbocycles. The zero-order chi connectivity index (χ0) is 16.8. The summed E-state index contributed by atoms with van der Waals surface area (Å²) in [6, 6.07) is 5.62. The highest BCUT2D eigenvalue weighted by Crippen LogP contribution is 2.32. The normalized spacial score (nSPS) is 17.0. The summed E-state index contributed by atoms with van der Waals surface area (Å²) in [5, 5.41) is 3.06. The summed E-state index contributed by atoms with van der Waals surface area (Å²) in [7, 11) is 0. The zero-order valence-electron chi connectivity index (χ0n) is 14.2. The number of anilines is 1. The molecule has 0 spiro atoms. The molecule has 1 saturated heterocycles. The lowest BCUT2D eigenvalue weighted by Crippen LogP contribution is -2.27. The van der Waals surface area contributed by atoms with Gasteiger partial charge in [-0.2, -0.15) is 0 Å². The molecule has 3 N–H and O–H groups in total. The van der Waals surface area contributed by atoms with E-state index < -0.39 is 0 Å². The van der Waals surface area contributed by atoms with Crippen molar-refractivity contribution in [2.45, 2.75) is 25.7 Å². The van der Waals surface area contributed by atoms with E-state index in [1.54, 1.807) is 0 Å². The van der Waals surface area contributed by atoms with Gasteiger partial charge in [0.25, 0.3) is 0 Å². The highest BCUT2D eigenvalue weighted by Gasteiger charge is 2.18. The molecule has 1 aromatic rings. The Kier molecular flexibility index (Phi) is 7.60. The second kappa shape index (κ2) is 9.69. The minimum absolute atomic E-state index is 0. The number of rotatable bonds is 5. The molecule has 2 aliphatic rings. The highest BCUT2D eigenvalue weighted by molar-refractivity contribution is 14.0. The van der Waals surface area contributed by atoms with Crippen molar-refractivity contribution in [2.75, 3.05) is 38.2 Å². The van der Waals surface area contributed by atoms with Gasteiger partial charge in [-0.25, -0.2) is 0 Å². The number of guanidine groups is 1. The lowest BCUT2D eigenvalue weighted by Gasteiger charge is -2.14. The Bertz CT molecular complexity index is 624. The number of nitrogens with one attached hydrogen (secondary N) is 1. The fourth-order valence-electron chi connectivity index (χ4n) is 2.83. The number of nitrogens with zero attached hydrogens (tertiary/aromatic N) is 2. The number of halogens is 1. The van der Waals surface area contributed by atoms with Crippen LogP contribution in [0.3, 0.4) is 0 Å². The topological polar surface area (TPSA) is 89.2 Å². The lowest BCUT2D eigenvalue weighted by atomic mass is 10.3. The van der Waals surface area contributed by atoms with Gasteiger partial charge >= 0.3 is 0 Å². The van der Waals surface area contributed by atoms with Gasteiger partial charge < -0.3 is 25.4 Å². The van der Waals surface area contributed by atoms with Gasteiger partial charge in [-0.15, -0.1) is 24.0 Å². The smallest absolute Gasteiger partial charge is 0.222 e. The Labute approximate surface area is 165 Å². The Morgan fingerprint density at radius 1 is 1.24 bits per heavy atom. The molecule has 0 unspecified atom stereocenters. The van der Waals surface area contributed by atoms with Crippen molar-refractivity contribution in [3.8, 4) is 11.5 Å². The molecule has 2 heterocycles. The number of fused-ring (bicyclic) bond motifs is 1. The van der Waals surface area contributed by atoms with Crippen molar-refractivity contribution in [1.29, 1.82) is 0 Å². The molecule has 8 heteroatoms. The van der Waals surface area contributed by atoms with E-state index in [0.717, 1.165) is 49.5 Å². The first-order valence-corrected chi connectivity index (χ1v) is 8.47. The van der Waals surface area contributed by atoms with Crippen LogP contribution in [0.4, 0.5) is 5.69 Å². The third-order valence-corrected chi connectivity index (χ3v) is 4.06.